The second-order valence-electron chi connectivity index (χ2n) is 6.22. The van der Waals surface area contributed by atoms with Gasteiger partial charge in [0.15, 0.2) is 12.6 Å². The minimum atomic E-state index is -4.34. The standard InChI is InChI=1S/C20H25F3N4O.HI/c1-3-25-19(26-11-9-17-8-10-24-12-15(17)2)27-13-16-4-6-18(7-5-16)28-14-20(21,22)23;/h4-8,10,12H,3,9,11,13-14H2,1-2H3,(H2,25,26,27);1H. The molecule has 2 aromatic rings. The van der Waals surface area contributed by atoms with Crippen molar-refractivity contribution in [3.8, 4) is 5.75 Å². The second kappa shape index (κ2) is 12.5. The summed E-state index contributed by atoms with van der Waals surface area (Å²) in [7, 11) is 0. The summed E-state index contributed by atoms with van der Waals surface area (Å²) < 4.78 is 41.2. The molecule has 0 spiro atoms. The van der Waals surface area contributed by atoms with Crippen LogP contribution in [-0.2, 0) is 13.0 Å². The lowest BCUT2D eigenvalue weighted by molar-refractivity contribution is -0.153. The SMILES string of the molecule is CCNC(=NCc1ccc(OCC(F)(F)F)cc1)NCCc1ccncc1C.I. The van der Waals surface area contributed by atoms with Crippen molar-refractivity contribution in [2.24, 2.45) is 4.99 Å². The molecule has 0 atom stereocenters. The van der Waals surface area contributed by atoms with Crippen molar-refractivity contribution in [1.29, 1.82) is 0 Å². The molecule has 0 bridgehead atoms. The molecule has 0 unspecified atom stereocenters. The molecule has 0 saturated carbocycles. The van der Waals surface area contributed by atoms with E-state index in [1.807, 2.05) is 26.1 Å². The summed E-state index contributed by atoms with van der Waals surface area (Å²) in [5.41, 5.74) is 3.26. The molecule has 0 aliphatic heterocycles. The molecule has 160 valence electrons. The Hall–Kier alpha value is -2.04. The van der Waals surface area contributed by atoms with E-state index in [1.165, 1.54) is 17.7 Å². The normalized spacial score (nSPS) is 11.6. The van der Waals surface area contributed by atoms with Crippen LogP contribution in [0.5, 0.6) is 5.75 Å². The zero-order chi connectivity index (χ0) is 20.4. The van der Waals surface area contributed by atoms with Gasteiger partial charge in [-0.1, -0.05) is 12.1 Å². The second-order valence-corrected chi connectivity index (χ2v) is 6.22. The van der Waals surface area contributed by atoms with Gasteiger partial charge in [-0.15, -0.1) is 24.0 Å². The van der Waals surface area contributed by atoms with Gasteiger partial charge in [0.05, 0.1) is 6.54 Å². The summed E-state index contributed by atoms with van der Waals surface area (Å²) in [4.78, 5) is 8.60. The number of alkyl halides is 3. The molecular formula is C20H26F3IN4O. The summed E-state index contributed by atoms with van der Waals surface area (Å²) in [5, 5.41) is 6.46. The number of ether oxygens (including phenoxy) is 1. The number of guanidine groups is 1. The first-order valence-electron chi connectivity index (χ1n) is 9.07. The molecule has 29 heavy (non-hydrogen) atoms. The predicted octanol–water partition coefficient (Wildman–Crippen LogP) is 4.25. The molecule has 0 radical (unpaired) electrons. The first-order valence-corrected chi connectivity index (χ1v) is 9.07. The van der Waals surface area contributed by atoms with Gasteiger partial charge in [-0.2, -0.15) is 13.2 Å². The number of pyridine rings is 1. The minimum Gasteiger partial charge on any atom is -0.484 e. The lowest BCUT2D eigenvalue weighted by atomic mass is 10.1. The van der Waals surface area contributed by atoms with E-state index in [0.717, 1.165) is 30.6 Å². The number of nitrogens with zero attached hydrogens (tertiary/aromatic N) is 2. The molecule has 1 aromatic heterocycles. The monoisotopic (exact) mass is 522 g/mol. The summed E-state index contributed by atoms with van der Waals surface area (Å²) in [5.74, 6) is 0.870. The van der Waals surface area contributed by atoms with Gasteiger partial charge in [0.2, 0.25) is 0 Å². The van der Waals surface area contributed by atoms with Crippen LogP contribution >= 0.6 is 24.0 Å². The summed E-state index contributed by atoms with van der Waals surface area (Å²) >= 11 is 0. The summed E-state index contributed by atoms with van der Waals surface area (Å²) in [6, 6.07) is 8.45. The molecule has 2 N–H and O–H groups in total. The first-order chi connectivity index (χ1) is 13.4. The minimum absolute atomic E-state index is 0. The maximum atomic E-state index is 12.2. The Balaban J connectivity index is 0.00000420. The van der Waals surface area contributed by atoms with Crippen molar-refractivity contribution in [2.45, 2.75) is 33.0 Å². The number of rotatable bonds is 8. The van der Waals surface area contributed by atoms with Crippen LogP contribution in [0.2, 0.25) is 0 Å². The van der Waals surface area contributed by atoms with E-state index in [-0.39, 0.29) is 29.7 Å². The van der Waals surface area contributed by atoms with Crippen molar-refractivity contribution in [3.63, 3.8) is 0 Å². The Kier molecular flexibility index (Phi) is 10.8. The van der Waals surface area contributed by atoms with E-state index in [0.29, 0.717) is 12.5 Å². The average molecular weight is 522 g/mol. The fourth-order valence-corrected chi connectivity index (χ4v) is 2.47. The van der Waals surface area contributed by atoms with E-state index < -0.39 is 12.8 Å². The summed E-state index contributed by atoms with van der Waals surface area (Å²) in [6.45, 7) is 4.57. The summed E-state index contributed by atoms with van der Waals surface area (Å²) in [6.07, 6.45) is 0.134. The number of aromatic nitrogens is 1. The number of hydrogen-bond donors (Lipinski definition) is 2. The molecule has 1 aromatic carbocycles. The van der Waals surface area contributed by atoms with Gasteiger partial charge in [-0.25, -0.2) is 4.99 Å². The third-order valence-electron chi connectivity index (χ3n) is 3.91. The van der Waals surface area contributed by atoms with Crippen LogP contribution in [0.4, 0.5) is 13.2 Å². The lowest BCUT2D eigenvalue weighted by Crippen LogP contribution is -2.38. The highest BCUT2D eigenvalue weighted by molar-refractivity contribution is 14.0. The highest BCUT2D eigenvalue weighted by atomic mass is 127. The Bertz CT molecular complexity index is 767. The number of aryl methyl sites for hydroxylation is 1. The molecule has 0 aliphatic carbocycles. The van der Waals surface area contributed by atoms with Crippen molar-refractivity contribution in [1.82, 2.24) is 15.6 Å². The molecule has 5 nitrogen and oxygen atoms in total. The van der Waals surface area contributed by atoms with Gasteiger partial charge in [0, 0.05) is 25.5 Å². The molecule has 0 amide bonds. The molecule has 9 heteroatoms. The van der Waals surface area contributed by atoms with Crippen molar-refractivity contribution < 1.29 is 17.9 Å². The van der Waals surface area contributed by atoms with E-state index in [9.17, 15) is 13.2 Å². The maximum absolute atomic E-state index is 12.2. The van der Waals surface area contributed by atoms with E-state index in [1.54, 1.807) is 18.3 Å². The Morgan fingerprint density at radius 1 is 1.14 bits per heavy atom. The van der Waals surface area contributed by atoms with E-state index in [2.05, 4.69) is 20.6 Å². The fraction of sp³-hybridized carbons (Fsp3) is 0.400. The van der Waals surface area contributed by atoms with Gasteiger partial charge in [-0.05, 0) is 55.2 Å². The lowest BCUT2D eigenvalue weighted by Gasteiger charge is -2.12. The molecule has 0 fully saturated rings. The number of aliphatic imine (C=N–C) groups is 1. The van der Waals surface area contributed by atoms with Gasteiger partial charge >= 0.3 is 6.18 Å². The first kappa shape index (κ1) is 25.0. The van der Waals surface area contributed by atoms with Crippen LogP contribution in [0, 0.1) is 6.92 Å². The largest absolute Gasteiger partial charge is 0.484 e. The van der Waals surface area contributed by atoms with Gasteiger partial charge in [-0.3, -0.25) is 4.98 Å². The number of nitrogens with one attached hydrogen (secondary N) is 2. The highest BCUT2D eigenvalue weighted by Gasteiger charge is 2.28. The smallest absolute Gasteiger partial charge is 0.422 e. The highest BCUT2D eigenvalue weighted by Crippen LogP contribution is 2.19. The molecule has 2 rings (SSSR count). The zero-order valence-electron chi connectivity index (χ0n) is 16.4. The zero-order valence-corrected chi connectivity index (χ0v) is 18.8. The van der Waals surface area contributed by atoms with Gasteiger partial charge in [0.25, 0.3) is 0 Å². The molecule has 1 heterocycles. The predicted molar refractivity (Wildman–Crippen MR) is 119 cm³/mol. The molecule has 0 aliphatic rings. The van der Waals surface area contributed by atoms with Crippen molar-refractivity contribution in [2.75, 3.05) is 19.7 Å². The topological polar surface area (TPSA) is 58.5 Å². The Morgan fingerprint density at radius 3 is 2.48 bits per heavy atom. The average Bonchev–Trinajstić information content (AvgIpc) is 2.66. The van der Waals surface area contributed by atoms with Crippen LogP contribution < -0.4 is 15.4 Å². The van der Waals surface area contributed by atoms with E-state index in [4.69, 9.17) is 4.74 Å². The fourth-order valence-electron chi connectivity index (χ4n) is 2.47. The third-order valence-corrected chi connectivity index (χ3v) is 3.91. The van der Waals surface area contributed by atoms with Crippen molar-refractivity contribution >= 4 is 29.9 Å². The number of hydrogen-bond acceptors (Lipinski definition) is 3. The van der Waals surface area contributed by atoms with Crippen LogP contribution in [0.3, 0.4) is 0 Å². The van der Waals surface area contributed by atoms with Crippen LogP contribution in [-0.4, -0.2) is 36.8 Å². The Morgan fingerprint density at radius 2 is 1.86 bits per heavy atom. The van der Waals surface area contributed by atoms with E-state index >= 15 is 0 Å². The van der Waals surface area contributed by atoms with Crippen LogP contribution in [0.1, 0.15) is 23.6 Å². The maximum Gasteiger partial charge on any atom is 0.422 e. The third kappa shape index (κ3) is 9.82. The number of benzene rings is 1. The van der Waals surface area contributed by atoms with Crippen LogP contribution in [0.25, 0.3) is 0 Å². The molecule has 0 saturated heterocycles. The van der Waals surface area contributed by atoms with Gasteiger partial charge in [0.1, 0.15) is 5.75 Å². The Labute approximate surface area is 186 Å². The van der Waals surface area contributed by atoms with Crippen molar-refractivity contribution in [3.05, 3.63) is 59.4 Å². The van der Waals surface area contributed by atoms with Crippen LogP contribution in [0.15, 0.2) is 47.7 Å². The van der Waals surface area contributed by atoms with Gasteiger partial charge < -0.3 is 15.4 Å². The quantitative estimate of drug-likeness (QED) is 0.310. The number of halogens is 4. The molecular weight excluding hydrogens is 496 g/mol.